The Labute approximate surface area is 90.6 Å². The number of hydrogen-bond donors (Lipinski definition) is 1. The van der Waals surface area contributed by atoms with Gasteiger partial charge in [-0.3, -0.25) is 0 Å². The van der Waals surface area contributed by atoms with Crippen LogP contribution in [0.1, 0.15) is 25.3 Å². The number of hydrogen-bond acceptors (Lipinski definition) is 2. The van der Waals surface area contributed by atoms with Crippen molar-refractivity contribution in [2.75, 3.05) is 0 Å². The fraction of sp³-hybridized carbons (Fsp3) is 0.455. The van der Waals surface area contributed by atoms with Crippen molar-refractivity contribution < 1.29 is 8.42 Å². The summed E-state index contributed by atoms with van der Waals surface area (Å²) < 4.78 is 26.7. The molecule has 1 aromatic rings. The molecule has 0 spiro atoms. The molecule has 4 heteroatoms. The van der Waals surface area contributed by atoms with E-state index in [4.69, 9.17) is 0 Å². The van der Waals surface area contributed by atoms with Gasteiger partial charge in [0.25, 0.3) is 0 Å². The molecule has 0 saturated heterocycles. The highest BCUT2D eigenvalue weighted by Gasteiger charge is 2.41. The summed E-state index contributed by atoms with van der Waals surface area (Å²) >= 11 is 0. The molecular weight excluding hydrogens is 210 g/mol. The van der Waals surface area contributed by atoms with Crippen molar-refractivity contribution in [1.82, 2.24) is 4.72 Å². The molecule has 0 aliphatic heterocycles. The second kappa shape index (κ2) is 3.32. The lowest BCUT2D eigenvalue weighted by atomic mass is 10.2. The van der Waals surface area contributed by atoms with E-state index >= 15 is 0 Å². The standard InChI is InChI=1S/C11H15NO2S/c1-9-5-3-4-6-10(9)15(13,14)12-11(2)7-8-11/h3-6,12H,7-8H2,1-2H3. The summed E-state index contributed by atoms with van der Waals surface area (Å²) in [4.78, 5) is 0.387. The van der Waals surface area contributed by atoms with Gasteiger partial charge in [-0.05, 0) is 38.3 Å². The molecule has 0 bridgehead atoms. The molecule has 0 radical (unpaired) electrons. The minimum atomic E-state index is -3.34. The Hall–Kier alpha value is -0.870. The van der Waals surface area contributed by atoms with Gasteiger partial charge in [0.15, 0.2) is 0 Å². The SMILES string of the molecule is Cc1ccccc1S(=O)(=O)NC1(C)CC1. The van der Waals surface area contributed by atoms with E-state index in [1.54, 1.807) is 12.1 Å². The zero-order valence-electron chi connectivity index (χ0n) is 8.95. The molecule has 1 aromatic carbocycles. The summed E-state index contributed by atoms with van der Waals surface area (Å²) in [7, 11) is -3.34. The Morgan fingerprint density at radius 3 is 2.40 bits per heavy atom. The highest BCUT2D eigenvalue weighted by molar-refractivity contribution is 7.89. The van der Waals surface area contributed by atoms with Gasteiger partial charge in [-0.25, -0.2) is 13.1 Å². The molecule has 1 aliphatic rings. The van der Waals surface area contributed by atoms with Crippen LogP contribution in [0.25, 0.3) is 0 Å². The van der Waals surface area contributed by atoms with Crippen LogP contribution in [0.15, 0.2) is 29.2 Å². The third-order valence-electron chi connectivity index (χ3n) is 2.76. The van der Waals surface area contributed by atoms with Gasteiger partial charge in [0.05, 0.1) is 4.90 Å². The third-order valence-corrected chi connectivity index (χ3v) is 4.56. The van der Waals surface area contributed by atoms with E-state index in [2.05, 4.69) is 4.72 Å². The van der Waals surface area contributed by atoms with Crippen molar-refractivity contribution in [3.63, 3.8) is 0 Å². The summed E-state index contributed by atoms with van der Waals surface area (Å²) in [5.41, 5.74) is 0.579. The quantitative estimate of drug-likeness (QED) is 0.853. The molecule has 0 heterocycles. The second-order valence-corrected chi connectivity index (χ2v) is 6.08. The maximum absolute atomic E-state index is 12.0. The molecule has 1 N–H and O–H groups in total. The first kappa shape index (κ1) is 10.6. The summed E-state index contributed by atoms with van der Waals surface area (Å²) in [6.07, 6.45) is 1.86. The van der Waals surface area contributed by atoms with E-state index in [0.717, 1.165) is 18.4 Å². The first-order chi connectivity index (χ1) is 6.93. The predicted octanol–water partition coefficient (Wildman–Crippen LogP) is 1.83. The minimum absolute atomic E-state index is 0.207. The summed E-state index contributed by atoms with van der Waals surface area (Å²) in [6, 6.07) is 7.04. The second-order valence-electron chi connectivity index (χ2n) is 4.43. The molecule has 1 fully saturated rings. The van der Waals surface area contributed by atoms with Gasteiger partial charge in [0.2, 0.25) is 10.0 Å². The van der Waals surface area contributed by atoms with E-state index < -0.39 is 10.0 Å². The fourth-order valence-electron chi connectivity index (χ4n) is 1.53. The summed E-state index contributed by atoms with van der Waals surface area (Å²) in [5, 5.41) is 0. The van der Waals surface area contributed by atoms with Gasteiger partial charge < -0.3 is 0 Å². The van der Waals surface area contributed by atoms with Crippen molar-refractivity contribution in [2.24, 2.45) is 0 Å². The van der Waals surface area contributed by atoms with Crippen molar-refractivity contribution >= 4 is 10.0 Å². The lowest BCUT2D eigenvalue weighted by molar-refractivity contribution is 0.557. The highest BCUT2D eigenvalue weighted by Crippen LogP contribution is 2.36. The molecule has 0 unspecified atom stereocenters. The van der Waals surface area contributed by atoms with E-state index in [-0.39, 0.29) is 5.54 Å². The van der Waals surface area contributed by atoms with Crippen LogP contribution in [-0.2, 0) is 10.0 Å². The highest BCUT2D eigenvalue weighted by atomic mass is 32.2. The average molecular weight is 225 g/mol. The molecule has 1 saturated carbocycles. The van der Waals surface area contributed by atoms with Crippen LogP contribution >= 0.6 is 0 Å². The Morgan fingerprint density at radius 2 is 1.87 bits per heavy atom. The van der Waals surface area contributed by atoms with Gasteiger partial charge >= 0.3 is 0 Å². The molecular formula is C11H15NO2S. The summed E-state index contributed by atoms with van der Waals surface area (Å²) in [5.74, 6) is 0. The summed E-state index contributed by atoms with van der Waals surface area (Å²) in [6.45, 7) is 3.74. The van der Waals surface area contributed by atoms with Crippen LogP contribution < -0.4 is 4.72 Å². The van der Waals surface area contributed by atoms with Crippen molar-refractivity contribution in [2.45, 2.75) is 37.1 Å². The van der Waals surface area contributed by atoms with Gasteiger partial charge in [-0.2, -0.15) is 0 Å². The third kappa shape index (κ3) is 2.21. The zero-order valence-corrected chi connectivity index (χ0v) is 9.76. The monoisotopic (exact) mass is 225 g/mol. The van der Waals surface area contributed by atoms with Gasteiger partial charge in [0.1, 0.15) is 0 Å². The number of sulfonamides is 1. The Morgan fingerprint density at radius 1 is 1.27 bits per heavy atom. The smallest absolute Gasteiger partial charge is 0.207 e. The topological polar surface area (TPSA) is 46.2 Å². The zero-order chi connectivity index (χ0) is 11.1. The van der Waals surface area contributed by atoms with E-state index in [1.165, 1.54) is 0 Å². The van der Waals surface area contributed by atoms with Gasteiger partial charge in [-0.15, -0.1) is 0 Å². The number of rotatable bonds is 3. The molecule has 82 valence electrons. The Bertz CT molecular complexity index is 475. The first-order valence-corrected chi connectivity index (χ1v) is 6.51. The maximum Gasteiger partial charge on any atom is 0.241 e. The molecule has 1 aliphatic carbocycles. The fourth-order valence-corrected chi connectivity index (χ4v) is 3.24. The van der Waals surface area contributed by atoms with Crippen molar-refractivity contribution in [3.05, 3.63) is 29.8 Å². The Kier molecular flexibility index (Phi) is 2.35. The lowest BCUT2D eigenvalue weighted by Crippen LogP contribution is -2.34. The number of nitrogens with one attached hydrogen (secondary N) is 1. The average Bonchev–Trinajstić information content (AvgIpc) is 2.82. The molecule has 0 amide bonds. The number of benzene rings is 1. The number of aryl methyl sites for hydroxylation is 1. The molecule has 0 aromatic heterocycles. The van der Waals surface area contributed by atoms with Crippen LogP contribution in [-0.4, -0.2) is 14.0 Å². The normalized spacial score (nSPS) is 18.8. The molecule has 2 rings (SSSR count). The largest absolute Gasteiger partial charge is 0.241 e. The van der Waals surface area contributed by atoms with Crippen molar-refractivity contribution in [1.29, 1.82) is 0 Å². The predicted molar refractivity (Wildman–Crippen MR) is 59.1 cm³/mol. The molecule has 3 nitrogen and oxygen atoms in total. The maximum atomic E-state index is 12.0. The lowest BCUT2D eigenvalue weighted by Gasteiger charge is -2.13. The molecule has 0 atom stereocenters. The molecule has 15 heavy (non-hydrogen) atoms. The Balaban J connectivity index is 2.33. The van der Waals surface area contributed by atoms with Gasteiger partial charge in [-0.1, -0.05) is 18.2 Å². The van der Waals surface area contributed by atoms with E-state index in [1.807, 2.05) is 26.0 Å². The first-order valence-electron chi connectivity index (χ1n) is 5.03. The van der Waals surface area contributed by atoms with Crippen molar-refractivity contribution in [3.8, 4) is 0 Å². The minimum Gasteiger partial charge on any atom is -0.207 e. The van der Waals surface area contributed by atoms with Crippen LogP contribution in [0, 0.1) is 6.92 Å². The van der Waals surface area contributed by atoms with Crippen LogP contribution in [0.4, 0.5) is 0 Å². The van der Waals surface area contributed by atoms with Gasteiger partial charge in [0, 0.05) is 5.54 Å². The van der Waals surface area contributed by atoms with E-state index in [9.17, 15) is 8.42 Å². The van der Waals surface area contributed by atoms with E-state index in [0.29, 0.717) is 4.90 Å². The van der Waals surface area contributed by atoms with Crippen LogP contribution in [0.5, 0.6) is 0 Å². The van der Waals surface area contributed by atoms with Crippen LogP contribution in [0.3, 0.4) is 0 Å². The van der Waals surface area contributed by atoms with Crippen LogP contribution in [0.2, 0.25) is 0 Å².